The number of hydrogen-bond donors (Lipinski definition) is 2. The molecule has 0 saturated carbocycles. The Hall–Kier alpha value is -2.74. The second-order valence-electron chi connectivity index (χ2n) is 4.48. The maximum Gasteiger partial charge on any atom is 0.417 e. The predicted octanol–water partition coefficient (Wildman–Crippen LogP) is 4.65. The number of carbonyl (C=O) groups excluding carboxylic acids is 1. The fourth-order valence-electron chi connectivity index (χ4n) is 1.67. The van der Waals surface area contributed by atoms with Gasteiger partial charge in [0.1, 0.15) is 6.33 Å². The van der Waals surface area contributed by atoms with Gasteiger partial charge in [0.05, 0.1) is 10.6 Å². The van der Waals surface area contributed by atoms with Gasteiger partial charge >= 0.3 is 12.2 Å². The van der Waals surface area contributed by atoms with Crippen molar-refractivity contribution in [2.45, 2.75) is 6.18 Å². The molecular formula is C15H12ClF3N4O. The molecule has 0 radical (unpaired) electrons. The van der Waals surface area contributed by atoms with Gasteiger partial charge in [-0.2, -0.15) is 13.2 Å². The first-order chi connectivity index (χ1) is 11.4. The predicted molar refractivity (Wildman–Crippen MR) is 83.9 cm³/mol. The van der Waals surface area contributed by atoms with Gasteiger partial charge in [-0.25, -0.2) is 9.78 Å². The van der Waals surface area contributed by atoms with Crippen molar-refractivity contribution in [3.63, 3.8) is 0 Å². The van der Waals surface area contributed by atoms with E-state index in [9.17, 15) is 18.0 Å². The molecule has 9 heteroatoms. The summed E-state index contributed by atoms with van der Waals surface area (Å²) in [6.07, 6.45) is 3.15. The van der Waals surface area contributed by atoms with Gasteiger partial charge in [-0.15, -0.1) is 0 Å². The van der Waals surface area contributed by atoms with Crippen LogP contribution < -0.4 is 5.32 Å². The van der Waals surface area contributed by atoms with Gasteiger partial charge in [-0.1, -0.05) is 11.6 Å². The average Bonchev–Trinajstić information content (AvgIpc) is 3.24. The minimum Gasteiger partial charge on any atom is -0.368 e. The van der Waals surface area contributed by atoms with Gasteiger partial charge < -0.3 is 10.3 Å². The number of anilines is 1. The Labute approximate surface area is 140 Å². The molecule has 3 rings (SSSR count). The number of halogens is 4. The minimum absolute atomic E-state index is 0.00424. The molecule has 0 spiro atoms. The molecule has 0 aliphatic carbocycles. The molecule has 1 amide bonds. The monoisotopic (exact) mass is 356 g/mol. The Bertz CT molecular complexity index is 753. The van der Waals surface area contributed by atoms with E-state index < -0.39 is 22.8 Å². The maximum atomic E-state index is 12.6. The number of rotatable bonds is 1. The van der Waals surface area contributed by atoms with Crippen LogP contribution in [0, 0.1) is 0 Å². The molecule has 0 aliphatic rings. The van der Waals surface area contributed by atoms with Crippen molar-refractivity contribution >= 4 is 23.3 Å². The SMILES string of the molecule is O=C(Nc1ccc(Cl)c(C(F)(F)F)c1)n1ccnc1.c1cc[nH]c1. The van der Waals surface area contributed by atoms with Crippen molar-refractivity contribution in [3.8, 4) is 0 Å². The fraction of sp³-hybridized carbons (Fsp3) is 0.0667. The number of aromatic nitrogens is 3. The molecule has 0 atom stereocenters. The summed E-state index contributed by atoms with van der Waals surface area (Å²) in [6.45, 7) is 0. The fourth-order valence-corrected chi connectivity index (χ4v) is 1.89. The number of benzene rings is 1. The number of carbonyl (C=O) groups is 1. The Morgan fingerprint density at radius 1 is 1.25 bits per heavy atom. The normalized spacial score (nSPS) is 10.7. The first-order valence-corrected chi connectivity index (χ1v) is 6.99. The number of hydrogen-bond acceptors (Lipinski definition) is 2. The summed E-state index contributed by atoms with van der Waals surface area (Å²) in [5.74, 6) is 0. The highest BCUT2D eigenvalue weighted by molar-refractivity contribution is 6.31. The van der Waals surface area contributed by atoms with Gasteiger partial charge in [0.2, 0.25) is 0 Å². The van der Waals surface area contributed by atoms with Crippen LogP contribution in [0.2, 0.25) is 5.02 Å². The topological polar surface area (TPSA) is 62.7 Å². The van der Waals surface area contributed by atoms with E-state index in [1.54, 1.807) is 0 Å². The molecule has 0 fully saturated rings. The van der Waals surface area contributed by atoms with E-state index in [0.717, 1.165) is 16.7 Å². The van der Waals surface area contributed by atoms with E-state index in [-0.39, 0.29) is 5.69 Å². The van der Waals surface area contributed by atoms with E-state index >= 15 is 0 Å². The third-order valence-corrected chi connectivity index (χ3v) is 3.09. The molecule has 5 nitrogen and oxygen atoms in total. The summed E-state index contributed by atoms with van der Waals surface area (Å²) < 4.78 is 39.0. The summed E-state index contributed by atoms with van der Waals surface area (Å²) in [5.41, 5.74) is -1.01. The lowest BCUT2D eigenvalue weighted by Crippen LogP contribution is -2.18. The van der Waals surface area contributed by atoms with Crippen LogP contribution in [0.15, 0.2) is 61.4 Å². The molecule has 126 valence electrons. The zero-order chi connectivity index (χ0) is 17.6. The van der Waals surface area contributed by atoms with E-state index in [1.807, 2.05) is 24.5 Å². The third-order valence-electron chi connectivity index (χ3n) is 2.76. The van der Waals surface area contributed by atoms with Gasteiger partial charge in [0.25, 0.3) is 0 Å². The second-order valence-corrected chi connectivity index (χ2v) is 4.88. The van der Waals surface area contributed by atoms with Crippen LogP contribution in [0.4, 0.5) is 23.7 Å². The first kappa shape index (κ1) is 17.6. The van der Waals surface area contributed by atoms with E-state index in [1.165, 1.54) is 24.8 Å². The zero-order valence-corrected chi connectivity index (χ0v) is 12.8. The van der Waals surface area contributed by atoms with Gasteiger partial charge in [0.15, 0.2) is 0 Å². The molecule has 24 heavy (non-hydrogen) atoms. The summed E-state index contributed by atoms with van der Waals surface area (Å²) in [6, 6.07) is 6.41. The Balaban J connectivity index is 0.000000355. The van der Waals surface area contributed by atoms with Crippen molar-refractivity contribution in [1.82, 2.24) is 14.5 Å². The van der Waals surface area contributed by atoms with Crippen LogP contribution >= 0.6 is 11.6 Å². The van der Waals surface area contributed by atoms with Crippen molar-refractivity contribution in [1.29, 1.82) is 0 Å². The lowest BCUT2D eigenvalue weighted by molar-refractivity contribution is -0.137. The minimum atomic E-state index is -4.58. The average molecular weight is 357 g/mol. The highest BCUT2D eigenvalue weighted by Crippen LogP contribution is 2.36. The molecule has 2 heterocycles. The molecular weight excluding hydrogens is 345 g/mol. The summed E-state index contributed by atoms with van der Waals surface area (Å²) in [4.78, 5) is 18.1. The third kappa shape index (κ3) is 4.88. The molecule has 2 N–H and O–H groups in total. The molecule has 0 aliphatic heterocycles. The summed E-state index contributed by atoms with van der Waals surface area (Å²) >= 11 is 5.47. The van der Waals surface area contributed by atoms with Crippen LogP contribution in [-0.4, -0.2) is 20.6 Å². The smallest absolute Gasteiger partial charge is 0.368 e. The van der Waals surface area contributed by atoms with E-state index in [4.69, 9.17) is 11.6 Å². The van der Waals surface area contributed by atoms with Crippen molar-refractivity contribution in [3.05, 3.63) is 72.0 Å². The highest BCUT2D eigenvalue weighted by Gasteiger charge is 2.33. The number of imidazole rings is 1. The Morgan fingerprint density at radius 2 is 1.96 bits per heavy atom. The van der Waals surface area contributed by atoms with Crippen LogP contribution in [0.3, 0.4) is 0 Å². The quantitative estimate of drug-likeness (QED) is 0.666. The summed E-state index contributed by atoms with van der Waals surface area (Å²) in [5, 5.41) is 1.89. The zero-order valence-electron chi connectivity index (χ0n) is 12.1. The lowest BCUT2D eigenvalue weighted by Gasteiger charge is -2.11. The van der Waals surface area contributed by atoms with Crippen LogP contribution in [-0.2, 0) is 6.18 Å². The standard InChI is InChI=1S/C11H7ClF3N3O.C4H5N/c12-9-2-1-7(5-8(9)11(13,14)15)17-10(19)18-4-3-16-6-18;1-2-4-5-3-1/h1-6H,(H,17,19);1-5H. The largest absolute Gasteiger partial charge is 0.417 e. The van der Waals surface area contributed by atoms with Crippen molar-refractivity contribution in [2.75, 3.05) is 5.32 Å². The molecule has 3 aromatic rings. The maximum absolute atomic E-state index is 12.6. The number of nitrogens with zero attached hydrogens (tertiary/aromatic N) is 2. The van der Waals surface area contributed by atoms with Crippen molar-refractivity contribution in [2.24, 2.45) is 0 Å². The number of amides is 1. The number of aromatic amines is 1. The molecule has 0 unspecified atom stereocenters. The Kier molecular flexibility index (Phi) is 5.64. The Morgan fingerprint density at radius 3 is 2.46 bits per heavy atom. The number of nitrogens with one attached hydrogen (secondary N) is 2. The number of alkyl halides is 3. The van der Waals surface area contributed by atoms with Crippen molar-refractivity contribution < 1.29 is 18.0 Å². The summed E-state index contributed by atoms with van der Waals surface area (Å²) in [7, 11) is 0. The van der Waals surface area contributed by atoms with E-state index in [2.05, 4.69) is 15.3 Å². The van der Waals surface area contributed by atoms with Crippen LogP contribution in [0.5, 0.6) is 0 Å². The number of H-pyrrole nitrogens is 1. The van der Waals surface area contributed by atoms with Gasteiger partial charge in [-0.05, 0) is 30.3 Å². The van der Waals surface area contributed by atoms with Gasteiger partial charge in [-0.3, -0.25) is 4.57 Å². The highest BCUT2D eigenvalue weighted by atomic mass is 35.5. The molecule has 1 aromatic carbocycles. The molecule has 0 bridgehead atoms. The lowest BCUT2D eigenvalue weighted by atomic mass is 10.2. The van der Waals surface area contributed by atoms with Crippen LogP contribution in [0.1, 0.15) is 5.56 Å². The first-order valence-electron chi connectivity index (χ1n) is 6.62. The molecule has 2 aromatic heterocycles. The second kappa shape index (κ2) is 7.69. The molecule has 0 saturated heterocycles. The van der Waals surface area contributed by atoms with E-state index in [0.29, 0.717) is 0 Å². The van der Waals surface area contributed by atoms with Gasteiger partial charge in [0, 0.05) is 30.5 Å². The van der Waals surface area contributed by atoms with Crippen LogP contribution in [0.25, 0.3) is 0 Å².